The van der Waals surface area contributed by atoms with Crippen molar-refractivity contribution in [1.82, 2.24) is 29.0 Å². The van der Waals surface area contributed by atoms with Gasteiger partial charge < -0.3 is 24.5 Å². The van der Waals surface area contributed by atoms with Crippen LogP contribution >= 0.6 is 0 Å². The Bertz CT molecular complexity index is 1540. The number of piperidine rings is 1. The molecule has 5 heterocycles. The normalized spacial score (nSPS) is 23.2. The molecule has 2 saturated carbocycles. The van der Waals surface area contributed by atoms with Crippen LogP contribution in [0.1, 0.15) is 36.0 Å². The Morgan fingerprint density at radius 2 is 2.00 bits per heavy atom. The Labute approximate surface area is 211 Å². The Morgan fingerprint density at radius 3 is 2.70 bits per heavy atom. The third kappa shape index (κ3) is 3.66. The predicted octanol–water partition coefficient (Wildman–Crippen LogP) is 3.56. The average molecular weight is 508 g/mol. The van der Waals surface area contributed by atoms with Crippen LogP contribution in [0.15, 0.2) is 30.5 Å². The maximum atomic E-state index is 13.3. The third-order valence-corrected chi connectivity index (χ3v) is 8.17. The Morgan fingerprint density at radius 1 is 1.16 bits per heavy atom. The van der Waals surface area contributed by atoms with Gasteiger partial charge in [-0.2, -0.15) is 13.8 Å². The van der Waals surface area contributed by atoms with Crippen molar-refractivity contribution < 1.29 is 18.3 Å². The number of halogens is 2. The molecular formula is C26H27F2N7O2. The molecule has 1 aliphatic heterocycles. The number of likely N-dealkylation sites (tertiary alicyclic amines) is 1. The number of aromatic nitrogens is 5. The van der Waals surface area contributed by atoms with Gasteiger partial charge in [0.25, 0.3) is 5.91 Å². The molecule has 0 unspecified atom stereocenters. The first kappa shape index (κ1) is 22.6. The van der Waals surface area contributed by atoms with Gasteiger partial charge in [0.05, 0.1) is 11.3 Å². The molecule has 4 aromatic rings. The van der Waals surface area contributed by atoms with Crippen molar-refractivity contribution in [3.63, 3.8) is 0 Å². The van der Waals surface area contributed by atoms with E-state index >= 15 is 0 Å². The van der Waals surface area contributed by atoms with Crippen molar-refractivity contribution in [2.24, 2.45) is 24.6 Å². The largest absolute Gasteiger partial charge is 0.417 e. The van der Waals surface area contributed by atoms with Crippen LogP contribution in [0.5, 0.6) is 5.88 Å². The lowest BCUT2D eigenvalue weighted by molar-refractivity contribution is -0.0526. The van der Waals surface area contributed by atoms with Crippen molar-refractivity contribution >= 4 is 28.1 Å². The number of imidazole rings is 1. The fourth-order valence-corrected chi connectivity index (χ4v) is 6.07. The van der Waals surface area contributed by atoms with Crippen LogP contribution in [0.3, 0.4) is 0 Å². The second-order valence-corrected chi connectivity index (χ2v) is 10.5. The van der Waals surface area contributed by atoms with Gasteiger partial charge in [0, 0.05) is 49.9 Å². The number of nitrogens with zero attached hydrogens (tertiary/aromatic N) is 6. The number of amides is 1. The van der Waals surface area contributed by atoms with Gasteiger partial charge in [0.1, 0.15) is 11.2 Å². The van der Waals surface area contributed by atoms with Gasteiger partial charge in [-0.15, -0.1) is 0 Å². The van der Waals surface area contributed by atoms with E-state index in [1.54, 1.807) is 18.3 Å². The minimum atomic E-state index is -2.94. The molecule has 1 amide bonds. The Balaban J connectivity index is 1.28. The highest BCUT2D eigenvalue weighted by Crippen LogP contribution is 2.38. The number of carbonyl (C=O) groups is 1. The molecule has 11 heteroatoms. The van der Waals surface area contributed by atoms with E-state index in [2.05, 4.69) is 14.7 Å². The second-order valence-electron chi connectivity index (χ2n) is 10.5. The topological polar surface area (TPSA) is 104 Å². The first-order chi connectivity index (χ1) is 17.9. The summed E-state index contributed by atoms with van der Waals surface area (Å²) in [5.41, 5.74) is 9.49. The fraction of sp³-hybridized carbons (Fsp3) is 0.462. The smallest absolute Gasteiger partial charge is 0.388 e. The summed E-state index contributed by atoms with van der Waals surface area (Å²) in [5, 5.41) is 0.813. The van der Waals surface area contributed by atoms with Gasteiger partial charge in [0.2, 0.25) is 5.88 Å². The van der Waals surface area contributed by atoms with Gasteiger partial charge in [-0.05, 0) is 55.7 Å². The van der Waals surface area contributed by atoms with Gasteiger partial charge in [0.15, 0.2) is 11.5 Å². The van der Waals surface area contributed by atoms with E-state index in [-0.39, 0.29) is 23.9 Å². The minimum Gasteiger partial charge on any atom is -0.417 e. The zero-order valence-electron chi connectivity index (χ0n) is 20.3. The number of aryl methyl sites for hydroxylation is 1. The zero-order chi connectivity index (χ0) is 25.4. The van der Waals surface area contributed by atoms with E-state index in [0.29, 0.717) is 53.1 Å². The second kappa shape index (κ2) is 8.20. The van der Waals surface area contributed by atoms with E-state index in [1.807, 2.05) is 27.1 Å². The quantitative estimate of drug-likeness (QED) is 0.428. The van der Waals surface area contributed by atoms with E-state index < -0.39 is 6.61 Å². The van der Waals surface area contributed by atoms with Gasteiger partial charge in [-0.3, -0.25) is 4.79 Å². The molecule has 2 aliphatic carbocycles. The zero-order valence-corrected chi connectivity index (χ0v) is 20.3. The van der Waals surface area contributed by atoms with Crippen LogP contribution < -0.4 is 10.5 Å². The number of carbonyl (C=O) groups excluding carboxylic acids is 1. The number of pyridine rings is 2. The predicted molar refractivity (Wildman–Crippen MR) is 132 cm³/mol. The van der Waals surface area contributed by atoms with E-state index in [1.165, 1.54) is 6.07 Å². The number of alkyl halides is 2. The molecule has 9 nitrogen and oxygen atoms in total. The Hall–Kier alpha value is -3.60. The average Bonchev–Trinajstić information content (AvgIpc) is 3.30. The van der Waals surface area contributed by atoms with E-state index in [9.17, 15) is 13.6 Å². The van der Waals surface area contributed by atoms with Gasteiger partial charge in [-0.25, -0.2) is 9.97 Å². The lowest BCUT2D eigenvalue weighted by Crippen LogP contribution is -2.41. The standard InChI is InChI=1S/C26H27F2N7O2/c1-33-23-17(8-16(10-30-23)25(36)35-12-15-4-6-18(35)21(15)29)31-24(33)19-9-14-5-7-20(37-26(27)28)32-22(14)34(19)11-13-2-3-13/h5,7-10,13,15,18,21,26H,2-4,6,11-12,29H2,1H3/t15-,18-,21-/m1/s1. The summed E-state index contributed by atoms with van der Waals surface area (Å²) in [4.78, 5) is 29.1. The Kier molecular flexibility index (Phi) is 5.01. The fourth-order valence-electron chi connectivity index (χ4n) is 6.07. The highest BCUT2D eigenvalue weighted by atomic mass is 19.3. The summed E-state index contributed by atoms with van der Waals surface area (Å²) in [6, 6.07) is 7.09. The molecule has 192 valence electrons. The molecule has 3 atom stereocenters. The van der Waals surface area contributed by atoms with Gasteiger partial charge >= 0.3 is 6.61 Å². The summed E-state index contributed by atoms with van der Waals surface area (Å²) in [6.45, 7) is -1.53. The highest BCUT2D eigenvalue weighted by Gasteiger charge is 2.47. The van der Waals surface area contributed by atoms with Crippen LogP contribution in [0.2, 0.25) is 0 Å². The summed E-state index contributed by atoms with van der Waals surface area (Å²) in [6.07, 6.45) is 5.87. The molecule has 0 spiro atoms. The monoisotopic (exact) mass is 507 g/mol. The van der Waals surface area contributed by atoms with Crippen LogP contribution in [0.25, 0.3) is 33.7 Å². The van der Waals surface area contributed by atoms with Crippen molar-refractivity contribution in [3.8, 4) is 17.4 Å². The van der Waals surface area contributed by atoms with Crippen LogP contribution in [-0.4, -0.2) is 60.1 Å². The SMILES string of the molecule is Cn1c(-c2cc3ccc(OC(F)F)nc3n2CC2CC2)nc2cc(C(=O)N3C[C@H]4CC[C@@H]3[C@@H]4N)cnc21. The van der Waals surface area contributed by atoms with Crippen LogP contribution in [0, 0.1) is 11.8 Å². The van der Waals surface area contributed by atoms with Crippen molar-refractivity contribution in [1.29, 1.82) is 0 Å². The minimum absolute atomic E-state index is 0.0516. The van der Waals surface area contributed by atoms with Crippen molar-refractivity contribution in [2.75, 3.05) is 6.54 Å². The van der Waals surface area contributed by atoms with Crippen molar-refractivity contribution in [3.05, 3.63) is 36.0 Å². The molecule has 4 aromatic heterocycles. The molecule has 2 N–H and O–H groups in total. The molecule has 7 rings (SSSR count). The number of rotatable bonds is 6. The summed E-state index contributed by atoms with van der Waals surface area (Å²) in [5.74, 6) is 1.39. The number of nitrogens with two attached hydrogens (primary N) is 1. The van der Waals surface area contributed by atoms with Crippen molar-refractivity contribution in [2.45, 2.75) is 50.9 Å². The van der Waals surface area contributed by atoms with Gasteiger partial charge in [-0.1, -0.05) is 0 Å². The van der Waals surface area contributed by atoms with E-state index in [0.717, 1.165) is 36.8 Å². The summed E-state index contributed by atoms with van der Waals surface area (Å²) in [7, 11) is 1.88. The lowest BCUT2D eigenvalue weighted by atomic mass is 10.1. The number of hydrogen-bond donors (Lipinski definition) is 1. The molecule has 2 bridgehead atoms. The number of ether oxygens (including phenoxy) is 1. The van der Waals surface area contributed by atoms with E-state index in [4.69, 9.17) is 10.7 Å². The summed E-state index contributed by atoms with van der Waals surface area (Å²) >= 11 is 0. The first-order valence-corrected chi connectivity index (χ1v) is 12.7. The lowest BCUT2D eigenvalue weighted by Gasteiger charge is -2.27. The summed E-state index contributed by atoms with van der Waals surface area (Å²) < 4.78 is 34.1. The first-order valence-electron chi connectivity index (χ1n) is 12.7. The molecule has 1 saturated heterocycles. The highest BCUT2D eigenvalue weighted by molar-refractivity contribution is 5.97. The molecule has 37 heavy (non-hydrogen) atoms. The molecular weight excluding hydrogens is 480 g/mol. The third-order valence-electron chi connectivity index (χ3n) is 8.17. The number of hydrogen-bond acceptors (Lipinski definition) is 6. The number of fused-ring (bicyclic) bond motifs is 4. The molecule has 3 fully saturated rings. The molecule has 0 aromatic carbocycles. The molecule has 3 aliphatic rings. The van der Waals surface area contributed by atoms with Crippen LogP contribution in [0.4, 0.5) is 8.78 Å². The maximum Gasteiger partial charge on any atom is 0.388 e. The maximum absolute atomic E-state index is 13.3. The molecule has 0 radical (unpaired) electrons. The van der Waals surface area contributed by atoms with Crippen LogP contribution in [-0.2, 0) is 13.6 Å².